The molecule has 0 saturated carbocycles. The van der Waals surface area contributed by atoms with Gasteiger partial charge in [0.05, 0.1) is 11.2 Å². The Balaban J connectivity index is 2.18. The van der Waals surface area contributed by atoms with E-state index in [4.69, 9.17) is 0 Å². The summed E-state index contributed by atoms with van der Waals surface area (Å²) in [5.74, 6) is -1.02. The molecule has 0 unspecified atom stereocenters. The molecule has 1 aromatic carbocycles. The summed E-state index contributed by atoms with van der Waals surface area (Å²) in [6.07, 6.45) is 2.21. The summed E-state index contributed by atoms with van der Waals surface area (Å²) in [5, 5.41) is 18.3. The molecule has 0 aliphatic carbocycles. The maximum atomic E-state index is 11.5. The van der Waals surface area contributed by atoms with Gasteiger partial charge in [0, 0.05) is 18.5 Å². The lowest BCUT2D eigenvalue weighted by Crippen LogP contribution is -2.41. The molecular weight excluding hydrogens is 266 g/mol. The van der Waals surface area contributed by atoms with Gasteiger partial charge in [0.1, 0.15) is 0 Å². The topological polar surface area (TPSA) is 66.3 Å². The van der Waals surface area contributed by atoms with Crippen LogP contribution in [0, 0.1) is 5.41 Å². The molecule has 0 spiro atoms. The number of carbonyl (C=O) groups is 1. The molecule has 0 amide bonds. The highest BCUT2D eigenvalue weighted by Gasteiger charge is 2.30. The highest BCUT2D eigenvalue weighted by Crippen LogP contribution is 2.35. The van der Waals surface area contributed by atoms with Crippen molar-refractivity contribution in [2.75, 3.05) is 18.0 Å². The van der Waals surface area contributed by atoms with Gasteiger partial charge in [0.2, 0.25) is 0 Å². The zero-order valence-electron chi connectivity index (χ0n) is 12.3. The van der Waals surface area contributed by atoms with Crippen LogP contribution in [0.4, 0.5) is 5.69 Å². The maximum Gasteiger partial charge on any atom is 0.358 e. The molecule has 2 aromatic rings. The fraction of sp³-hybridized carbons (Fsp3) is 0.438. The van der Waals surface area contributed by atoms with Crippen LogP contribution in [-0.2, 0) is 0 Å². The molecule has 0 atom stereocenters. The van der Waals surface area contributed by atoms with E-state index in [1.54, 1.807) is 0 Å². The minimum absolute atomic E-state index is 0.0476. The number of benzene rings is 1. The number of rotatable bonds is 2. The van der Waals surface area contributed by atoms with Gasteiger partial charge in [-0.3, -0.25) is 0 Å². The largest absolute Gasteiger partial charge is 0.476 e. The Labute approximate surface area is 123 Å². The molecule has 0 radical (unpaired) electrons. The van der Waals surface area contributed by atoms with Gasteiger partial charge in [-0.2, -0.15) is 0 Å². The molecular formula is C16H19N3O2. The van der Waals surface area contributed by atoms with E-state index in [-0.39, 0.29) is 11.1 Å². The van der Waals surface area contributed by atoms with E-state index in [1.807, 2.05) is 24.3 Å². The SMILES string of the molecule is CC1(C)CCCN(c2c(C(=O)O)nnc3ccccc23)C1. The van der Waals surface area contributed by atoms with Crippen LogP contribution in [-0.4, -0.2) is 34.4 Å². The number of hydrogen-bond donors (Lipinski definition) is 1. The molecule has 5 heteroatoms. The van der Waals surface area contributed by atoms with Crippen LogP contribution < -0.4 is 4.90 Å². The summed E-state index contributed by atoms with van der Waals surface area (Å²) in [7, 11) is 0. The van der Waals surface area contributed by atoms with E-state index in [0.717, 1.165) is 36.8 Å². The van der Waals surface area contributed by atoms with E-state index in [1.165, 1.54) is 0 Å². The monoisotopic (exact) mass is 285 g/mol. The smallest absolute Gasteiger partial charge is 0.358 e. The predicted molar refractivity (Wildman–Crippen MR) is 81.7 cm³/mol. The first-order valence-electron chi connectivity index (χ1n) is 7.22. The standard InChI is InChI=1S/C16H19N3O2/c1-16(2)8-5-9-19(10-16)14-11-6-3-4-7-12(11)17-18-13(14)15(20)21/h3-4,6-7H,5,8-10H2,1-2H3,(H,20,21). The Morgan fingerprint density at radius 2 is 2.05 bits per heavy atom. The molecule has 1 N–H and O–H groups in total. The third kappa shape index (κ3) is 2.55. The molecule has 5 nitrogen and oxygen atoms in total. The zero-order valence-corrected chi connectivity index (χ0v) is 12.3. The van der Waals surface area contributed by atoms with Crippen molar-refractivity contribution in [3.05, 3.63) is 30.0 Å². The third-order valence-corrected chi connectivity index (χ3v) is 4.06. The van der Waals surface area contributed by atoms with E-state index in [2.05, 4.69) is 28.9 Å². The lowest BCUT2D eigenvalue weighted by atomic mass is 9.84. The van der Waals surface area contributed by atoms with Crippen molar-refractivity contribution in [2.45, 2.75) is 26.7 Å². The first-order chi connectivity index (χ1) is 9.98. The number of aromatic nitrogens is 2. The summed E-state index contributed by atoms with van der Waals surface area (Å²) in [6.45, 7) is 6.13. The van der Waals surface area contributed by atoms with Gasteiger partial charge < -0.3 is 10.0 Å². The Bertz CT molecular complexity index is 697. The first kappa shape index (κ1) is 13.8. The fourth-order valence-corrected chi connectivity index (χ4v) is 3.12. The van der Waals surface area contributed by atoms with Crippen LogP contribution in [0.25, 0.3) is 10.9 Å². The average Bonchev–Trinajstić information content (AvgIpc) is 2.44. The van der Waals surface area contributed by atoms with Crippen molar-refractivity contribution in [2.24, 2.45) is 5.41 Å². The molecule has 1 saturated heterocycles. The lowest BCUT2D eigenvalue weighted by molar-refractivity contribution is 0.0690. The molecule has 2 heterocycles. The number of piperidine rings is 1. The maximum absolute atomic E-state index is 11.5. The predicted octanol–water partition coefficient (Wildman–Crippen LogP) is 2.95. The fourth-order valence-electron chi connectivity index (χ4n) is 3.12. The second-order valence-electron chi connectivity index (χ2n) is 6.41. The van der Waals surface area contributed by atoms with Crippen LogP contribution in [0.3, 0.4) is 0 Å². The summed E-state index contributed by atoms with van der Waals surface area (Å²) in [5.41, 5.74) is 1.67. The van der Waals surface area contributed by atoms with E-state index >= 15 is 0 Å². The highest BCUT2D eigenvalue weighted by atomic mass is 16.4. The van der Waals surface area contributed by atoms with Gasteiger partial charge in [-0.1, -0.05) is 32.0 Å². The van der Waals surface area contributed by atoms with E-state index in [0.29, 0.717) is 5.69 Å². The van der Waals surface area contributed by atoms with Gasteiger partial charge in [-0.05, 0) is 24.3 Å². The lowest BCUT2D eigenvalue weighted by Gasteiger charge is -2.40. The number of anilines is 1. The zero-order chi connectivity index (χ0) is 15.0. The molecule has 1 fully saturated rings. The minimum atomic E-state index is -1.02. The Morgan fingerprint density at radius 3 is 2.76 bits per heavy atom. The first-order valence-corrected chi connectivity index (χ1v) is 7.22. The number of hydrogen-bond acceptors (Lipinski definition) is 4. The third-order valence-electron chi connectivity index (χ3n) is 4.06. The van der Waals surface area contributed by atoms with Gasteiger partial charge in [-0.25, -0.2) is 4.79 Å². The van der Waals surface area contributed by atoms with Gasteiger partial charge in [0.25, 0.3) is 0 Å². The Morgan fingerprint density at radius 1 is 1.29 bits per heavy atom. The van der Waals surface area contributed by atoms with Crippen LogP contribution in [0.1, 0.15) is 37.2 Å². The number of carboxylic acid groups (broad SMARTS) is 1. The number of fused-ring (bicyclic) bond motifs is 1. The van der Waals surface area contributed by atoms with Crippen molar-refractivity contribution < 1.29 is 9.90 Å². The van der Waals surface area contributed by atoms with E-state index < -0.39 is 5.97 Å². The number of aromatic carboxylic acids is 1. The van der Waals surface area contributed by atoms with Crippen LogP contribution in [0.2, 0.25) is 0 Å². The molecule has 21 heavy (non-hydrogen) atoms. The van der Waals surface area contributed by atoms with Gasteiger partial charge in [0.15, 0.2) is 5.69 Å². The quantitative estimate of drug-likeness (QED) is 0.919. The number of nitrogens with zero attached hydrogens (tertiary/aromatic N) is 3. The van der Waals surface area contributed by atoms with Crippen LogP contribution >= 0.6 is 0 Å². The van der Waals surface area contributed by atoms with Gasteiger partial charge in [-0.15, -0.1) is 10.2 Å². The molecule has 0 bridgehead atoms. The summed E-state index contributed by atoms with van der Waals surface area (Å²) in [6, 6.07) is 7.59. The summed E-state index contributed by atoms with van der Waals surface area (Å²) >= 11 is 0. The normalized spacial score (nSPS) is 17.9. The highest BCUT2D eigenvalue weighted by molar-refractivity contribution is 6.02. The second kappa shape index (κ2) is 4.98. The molecule has 1 aliphatic rings. The second-order valence-corrected chi connectivity index (χ2v) is 6.41. The number of carboxylic acids is 1. The molecule has 1 aromatic heterocycles. The van der Waals surface area contributed by atoms with Crippen molar-refractivity contribution >= 4 is 22.6 Å². The van der Waals surface area contributed by atoms with Crippen molar-refractivity contribution in [1.29, 1.82) is 0 Å². The Kier molecular flexibility index (Phi) is 3.27. The van der Waals surface area contributed by atoms with Crippen molar-refractivity contribution in [3.63, 3.8) is 0 Å². The van der Waals surface area contributed by atoms with Crippen LogP contribution in [0.15, 0.2) is 24.3 Å². The molecule has 1 aliphatic heterocycles. The van der Waals surface area contributed by atoms with Crippen LogP contribution in [0.5, 0.6) is 0 Å². The summed E-state index contributed by atoms with van der Waals surface area (Å²) in [4.78, 5) is 13.7. The molecule has 110 valence electrons. The summed E-state index contributed by atoms with van der Waals surface area (Å²) < 4.78 is 0. The minimum Gasteiger partial charge on any atom is -0.476 e. The Hall–Kier alpha value is -2.17. The van der Waals surface area contributed by atoms with Gasteiger partial charge >= 0.3 is 5.97 Å². The molecule has 3 rings (SSSR count). The van der Waals surface area contributed by atoms with E-state index in [9.17, 15) is 9.90 Å². The average molecular weight is 285 g/mol. The van der Waals surface area contributed by atoms with Crippen molar-refractivity contribution in [3.8, 4) is 0 Å². The van der Waals surface area contributed by atoms with Crippen molar-refractivity contribution in [1.82, 2.24) is 10.2 Å².